The number of benzene rings is 1. The zero-order valence-electron chi connectivity index (χ0n) is 27.0. The number of nitrogens with zero attached hydrogens (tertiary/aromatic N) is 2. The number of ether oxygens (including phenoxy) is 3. The van der Waals surface area contributed by atoms with Crippen LogP contribution in [0.25, 0.3) is 0 Å². The third kappa shape index (κ3) is 8.19. The molecule has 0 radical (unpaired) electrons. The third-order valence-corrected chi connectivity index (χ3v) is 11.0. The number of fused-ring (bicyclic) bond motifs is 1. The molecule has 3 heterocycles. The molecule has 45 heavy (non-hydrogen) atoms. The first-order valence-corrected chi connectivity index (χ1v) is 18.5. The van der Waals surface area contributed by atoms with Crippen LogP contribution in [0.3, 0.4) is 0 Å². The quantitative estimate of drug-likeness (QED) is 0.0853. The molecule has 2 aliphatic carbocycles. The summed E-state index contributed by atoms with van der Waals surface area (Å²) in [6, 6.07) is 9.72. The van der Waals surface area contributed by atoms with E-state index >= 15 is 0 Å². The Labute approximate surface area is 278 Å². The Hall–Kier alpha value is -2.24. The van der Waals surface area contributed by atoms with Crippen molar-refractivity contribution in [2.45, 2.75) is 94.4 Å². The number of carbonyl (C=O) groups is 1. The van der Waals surface area contributed by atoms with Gasteiger partial charge in [0.15, 0.2) is 0 Å². The van der Waals surface area contributed by atoms with E-state index in [-0.39, 0.29) is 18.2 Å². The molecule has 2 N–H and O–H groups in total. The Kier molecular flexibility index (Phi) is 12.2. The van der Waals surface area contributed by atoms with Gasteiger partial charge in [-0.15, -0.1) is 0 Å². The number of rotatable bonds is 14. The second-order valence-electron chi connectivity index (χ2n) is 12.6. The Bertz CT molecular complexity index is 1310. The fourth-order valence-electron chi connectivity index (χ4n) is 6.86. The van der Waals surface area contributed by atoms with Gasteiger partial charge in [-0.3, -0.25) is 0 Å². The summed E-state index contributed by atoms with van der Waals surface area (Å²) < 4.78 is 18.7. The highest BCUT2D eigenvalue weighted by molar-refractivity contribution is 7.93. The first-order valence-electron chi connectivity index (χ1n) is 16.4. The number of hydrogen-bond donors (Lipinski definition) is 3. The molecule has 1 aromatic heterocycles. The first-order chi connectivity index (χ1) is 22.0. The van der Waals surface area contributed by atoms with Crippen LogP contribution in [0.1, 0.15) is 86.4 Å². The highest BCUT2D eigenvalue weighted by atomic mass is 32.2. The fraction of sp³-hybridized carbons (Fsp3) is 0.600. The van der Waals surface area contributed by atoms with E-state index in [0.717, 1.165) is 107 Å². The van der Waals surface area contributed by atoms with Gasteiger partial charge >= 0.3 is 5.97 Å². The molecule has 2 unspecified atom stereocenters. The number of allylic oxidation sites excluding steroid dienone is 2. The lowest BCUT2D eigenvalue weighted by Gasteiger charge is -2.49. The van der Waals surface area contributed by atoms with Gasteiger partial charge in [0.05, 0.1) is 38.3 Å². The number of pyridine rings is 1. The zero-order valence-corrected chi connectivity index (χ0v) is 28.7. The van der Waals surface area contributed by atoms with Crippen LogP contribution in [-0.4, -0.2) is 77.6 Å². The van der Waals surface area contributed by atoms with Gasteiger partial charge in [-0.2, -0.15) is 12.6 Å². The first kappa shape index (κ1) is 34.1. The number of carboxylic acid groups (broad SMARTS) is 1. The molecule has 0 spiro atoms. The maximum atomic E-state index is 13.0. The smallest absolute Gasteiger partial charge is 0.368 e. The van der Waals surface area contributed by atoms with Crippen LogP contribution in [0.5, 0.6) is 5.75 Å². The molecule has 3 fully saturated rings. The molecule has 2 aliphatic heterocycles. The maximum Gasteiger partial charge on any atom is 0.368 e. The van der Waals surface area contributed by atoms with E-state index in [9.17, 15) is 9.90 Å². The standard InChI is InChI=1S/C34H45N3O5S.CH4S/c1-37(43-2,26-21-28(22-26)41-18-4-3-8-25-14-13-24-7-6-17-35-33(24)36-25)32(34(38)39)29-9-5-10-30(31(29)23-11-12-23)42-27-15-19-40-20-16-27;1-2/h5-7,9-10,14,17,23,26-28,32H,3-4,8,11-13,15-16,18-22H2,1-2H3,(H-,35,36,38,39);2H,1H3/p+1. The molecule has 6 rings (SSSR count). The molecule has 10 heteroatoms. The van der Waals surface area contributed by atoms with Crippen molar-refractivity contribution in [3.8, 4) is 5.75 Å². The van der Waals surface area contributed by atoms with Gasteiger partial charge in [0, 0.05) is 61.6 Å². The number of aromatic nitrogens is 1. The summed E-state index contributed by atoms with van der Waals surface area (Å²) in [4.78, 5) is 17.5. The van der Waals surface area contributed by atoms with Gasteiger partial charge < -0.3 is 24.6 Å². The summed E-state index contributed by atoms with van der Waals surface area (Å²) in [6.07, 6.45) is 17.9. The SMILES string of the molecule is CS.CS[N+](C)(C1CC(OCCCCC2=CCc3cccnc3N2)C1)C(C(=O)O)c1cccc(OC2CCOCC2)c1C1CC1. The highest BCUT2D eigenvalue weighted by Crippen LogP contribution is 2.52. The molecule has 246 valence electrons. The van der Waals surface area contributed by atoms with Gasteiger partial charge in [-0.1, -0.05) is 24.3 Å². The molecule has 0 bridgehead atoms. The summed E-state index contributed by atoms with van der Waals surface area (Å²) in [6.45, 7) is 2.17. The molecule has 4 aliphatic rings. The van der Waals surface area contributed by atoms with Gasteiger partial charge in [0.2, 0.25) is 6.04 Å². The van der Waals surface area contributed by atoms with Crippen molar-refractivity contribution in [1.29, 1.82) is 0 Å². The number of thiol groups is 1. The second kappa shape index (κ2) is 16.0. The van der Waals surface area contributed by atoms with Crippen molar-refractivity contribution in [2.75, 3.05) is 44.7 Å². The molecular formula is C35H50N3O5S2+. The molecule has 2 saturated carbocycles. The van der Waals surface area contributed by atoms with E-state index in [1.165, 1.54) is 11.3 Å². The predicted molar refractivity (Wildman–Crippen MR) is 184 cm³/mol. The van der Waals surface area contributed by atoms with Gasteiger partial charge in [0.1, 0.15) is 23.7 Å². The van der Waals surface area contributed by atoms with E-state index in [0.29, 0.717) is 9.81 Å². The molecule has 8 nitrogen and oxygen atoms in total. The van der Waals surface area contributed by atoms with Crippen molar-refractivity contribution in [3.05, 3.63) is 65.0 Å². The number of hydrogen-bond acceptors (Lipinski definition) is 8. The van der Waals surface area contributed by atoms with Crippen LogP contribution in [0, 0.1) is 0 Å². The van der Waals surface area contributed by atoms with Crippen molar-refractivity contribution in [2.24, 2.45) is 0 Å². The summed E-state index contributed by atoms with van der Waals surface area (Å²) in [5.41, 5.74) is 4.53. The minimum Gasteiger partial charge on any atom is -0.490 e. The number of unbranched alkanes of at least 4 members (excludes halogenated alkanes) is 1. The Balaban J connectivity index is 0.00000196. The Morgan fingerprint density at radius 3 is 2.62 bits per heavy atom. The van der Waals surface area contributed by atoms with E-state index in [2.05, 4.69) is 42.1 Å². The minimum absolute atomic E-state index is 0.125. The lowest BCUT2D eigenvalue weighted by molar-refractivity contribution is -0.834. The van der Waals surface area contributed by atoms with E-state index in [1.54, 1.807) is 18.2 Å². The van der Waals surface area contributed by atoms with Crippen molar-refractivity contribution >= 4 is 36.4 Å². The number of quaternary nitrogens is 1. The topological polar surface area (TPSA) is 89.9 Å². The Morgan fingerprint density at radius 2 is 1.91 bits per heavy atom. The fourth-order valence-corrected chi connectivity index (χ4v) is 7.74. The van der Waals surface area contributed by atoms with Crippen molar-refractivity contribution in [3.63, 3.8) is 0 Å². The Morgan fingerprint density at radius 1 is 1.13 bits per heavy atom. The predicted octanol–water partition coefficient (Wildman–Crippen LogP) is 7.18. The van der Waals surface area contributed by atoms with E-state index in [1.807, 2.05) is 36.7 Å². The summed E-state index contributed by atoms with van der Waals surface area (Å²) >= 11 is 5.17. The average Bonchev–Trinajstić information content (AvgIpc) is 3.88. The second-order valence-corrected chi connectivity index (χ2v) is 13.7. The van der Waals surface area contributed by atoms with Crippen LogP contribution in [0.2, 0.25) is 0 Å². The average molecular weight is 657 g/mol. The molecule has 2 aromatic rings. The highest BCUT2D eigenvalue weighted by Gasteiger charge is 2.53. The van der Waals surface area contributed by atoms with Gasteiger partial charge in [0.25, 0.3) is 0 Å². The van der Waals surface area contributed by atoms with Gasteiger partial charge in [-0.25, -0.2) is 13.7 Å². The van der Waals surface area contributed by atoms with Crippen molar-refractivity contribution in [1.82, 2.24) is 4.98 Å². The van der Waals surface area contributed by atoms with Crippen LogP contribution in [0.15, 0.2) is 48.3 Å². The number of aliphatic carboxylic acids is 1. The van der Waals surface area contributed by atoms with Crippen LogP contribution in [-0.2, 0) is 20.7 Å². The van der Waals surface area contributed by atoms with Crippen molar-refractivity contribution < 1.29 is 28.0 Å². The number of anilines is 1. The summed E-state index contributed by atoms with van der Waals surface area (Å²) in [5, 5.41) is 14.2. The molecule has 0 amide bonds. The minimum atomic E-state index is -0.769. The molecular weight excluding hydrogens is 607 g/mol. The molecule has 1 saturated heterocycles. The number of nitrogens with one attached hydrogen (secondary N) is 1. The van der Waals surface area contributed by atoms with Gasteiger partial charge in [-0.05, 0) is 68.4 Å². The van der Waals surface area contributed by atoms with Crippen LogP contribution < -0.4 is 10.1 Å². The summed E-state index contributed by atoms with van der Waals surface area (Å²) in [7, 11) is 2.10. The third-order valence-electron chi connectivity index (χ3n) is 9.71. The monoisotopic (exact) mass is 656 g/mol. The molecule has 1 aromatic carbocycles. The number of carboxylic acids is 1. The van der Waals surface area contributed by atoms with E-state index in [4.69, 9.17) is 14.2 Å². The summed E-state index contributed by atoms with van der Waals surface area (Å²) in [5.74, 6) is 1.47. The molecule has 2 atom stereocenters. The lowest BCUT2D eigenvalue weighted by atomic mass is 9.85. The van der Waals surface area contributed by atoms with E-state index < -0.39 is 12.0 Å². The zero-order chi connectivity index (χ0) is 31.8. The maximum absolute atomic E-state index is 13.0. The largest absolute Gasteiger partial charge is 0.490 e. The lowest BCUT2D eigenvalue weighted by Crippen LogP contribution is -2.58. The van der Waals surface area contributed by atoms with Crippen LogP contribution in [0.4, 0.5) is 5.82 Å². The normalized spacial score (nSPS) is 23.2. The number of likely N-dealkylation sites (N-methyl/N-ethyl adjacent to an activating group) is 1. The van der Waals surface area contributed by atoms with Crippen LogP contribution >= 0.6 is 24.6 Å².